The van der Waals surface area contributed by atoms with E-state index in [2.05, 4.69) is 17.1 Å². The lowest BCUT2D eigenvalue weighted by Crippen LogP contribution is -2.46. The smallest absolute Gasteiger partial charge is 0.322 e. The molecule has 2 aromatic carbocycles. The van der Waals surface area contributed by atoms with Crippen LogP contribution in [0.2, 0.25) is 0 Å². The number of hydrogen-bond acceptors (Lipinski definition) is 4. The molecule has 0 bridgehead atoms. The summed E-state index contributed by atoms with van der Waals surface area (Å²) in [5.74, 6) is -0.444. The van der Waals surface area contributed by atoms with Gasteiger partial charge < -0.3 is 20.0 Å². The highest BCUT2D eigenvalue weighted by Gasteiger charge is 2.24. The van der Waals surface area contributed by atoms with E-state index in [9.17, 15) is 14.0 Å². The van der Waals surface area contributed by atoms with E-state index in [4.69, 9.17) is 0 Å². The van der Waals surface area contributed by atoms with Crippen LogP contribution in [0.1, 0.15) is 41.3 Å². The number of anilines is 1. The number of nitrogens with zero attached hydrogens (tertiary/aromatic N) is 3. The van der Waals surface area contributed by atoms with Crippen molar-refractivity contribution in [3.05, 3.63) is 87.4 Å². The van der Waals surface area contributed by atoms with Gasteiger partial charge in [0, 0.05) is 30.2 Å². The molecule has 0 saturated carbocycles. The highest BCUT2D eigenvalue weighted by atomic mass is 32.1. The highest BCUT2D eigenvalue weighted by molar-refractivity contribution is 7.10. The predicted octanol–water partition coefficient (Wildman–Crippen LogP) is 5.92. The van der Waals surface area contributed by atoms with E-state index in [1.165, 1.54) is 25.0 Å². The summed E-state index contributed by atoms with van der Waals surface area (Å²) in [6.07, 6.45) is 3.13. The number of likely N-dealkylation sites (tertiary alicyclic amines) is 1. The lowest BCUT2D eigenvalue weighted by atomic mass is 10.1. The van der Waals surface area contributed by atoms with Crippen LogP contribution < -0.4 is 5.32 Å². The van der Waals surface area contributed by atoms with Crippen LogP contribution in [0.3, 0.4) is 0 Å². The zero-order chi connectivity index (χ0) is 26.9. The summed E-state index contributed by atoms with van der Waals surface area (Å²) in [6, 6.07) is 15.8. The van der Waals surface area contributed by atoms with E-state index < -0.39 is 0 Å². The normalized spacial score (nSPS) is 13.4. The molecule has 1 aliphatic heterocycles. The zero-order valence-corrected chi connectivity index (χ0v) is 23.1. The summed E-state index contributed by atoms with van der Waals surface area (Å²) in [5, 5.41) is 5.07. The molecular formula is C30H37FN4O2S. The molecule has 38 heavy (non-hydrogen) atoms. The number of aryl methyl sites for hydroxylation is 2. The molecule has 1 N–H and O–H groups in total. The molecule has 8 heteroatoms. The fourth-order valence-electron chi connectivity index (χ4n) is 4.71. The number of rotatable bonds is 11. The number of hydrogen-bond donors (Lipinski definition) is 1. The number of benzene rings is 2. The van der Waals surface area contributed by atoms with Crippen molar-refractivity contribution in [2.45, 2.75) is 46.2 Å². The zero-order valence-electron chi connectivity index (χ0n) is 22.3. The third-order valence-electron chi connectivity index (χ3n) is 7.08. The first-order chi connectivity index (χ1) is 18.4. The topological polar surface area (TPSA) is 55.9 Å². The molecule has 0 atom stereocenters. The standard InChI is InChI=1S/C30H37FN4O2S/c1-3-25-8-4-5-9-27(25)32-30(37)34(18-17-33-15-6-7-16-33)22-29(36)35(21-28-23(2)14-19-38-28)20-24-10-12-26(31)13-11-24/h4-5,8-14,19H,3,6-7,15-18,20-22H2,1-2H3,(H,32,37). The first-order valence-electron chi connectivity index (χ1n) is 13.3. The molecule has 0 unspecified atom stereocenters. The van der Waals surface area contributed by atoms with Crippen LogP contribution in [-0.2, 0) is 24.3 Å². The van der Waals surface area contributed by atoms with Crippen molar-refractivity contribution in [3.63, 3.8) is 0 Å². The Kier molecular flexibility index (Phi) is 9.90. The van der Waals surface area contributed by atoms with E-state index in [0.29, 0.717) is 19.6 Å². The van der Waals surface area contributed by atoms with Gasteiger partial charge in [-0.1, -0.05) is 37.3 Å². The molecule has 3 amide bonds. The van der Waals surface area contributed by atoms with Crippen molar-refractivity contribution in [1.29, 1.82) is 0 Å². The Bertz CT molecular complexity index is 1210. The maximum atomic E-state index is 13.8. The third-order valence-corrected chi connectivity index (χ3v) is 8.09. The van der Waals surface area contributed by atoms with Gasteiger partial charge in [0.2, 0.25) is 5.91 Å². The van der Waals surface area contributed by atoms with Gasteiger partial charge in [0.15, 0.2) is 0 Å². The number of carbonyl (C=O) groups is 2. The first kappa shape index (κ1) is 27.8. The molecule has 2 heterocycles. The molecule has 202 valence electrons. The van der Waals surface area contributed by atoms with Crippen molar-refractivity contribution in [1.82, 2.24) is 14.7 Å². The summed E-state index contributed by atoms with van der Waals surface area (Å²) >= 11 is 1.61. The molecule has 0 aliphatic carbocycles. The molecular weight excluding hydrogens is 499 g/mol. The average molecular weight is 537 g/mol. The predicted molar refractivity (Wildman–Crippen MR) is 152 cm³/mol. The first-order valence-corrected chi connectivity index (χ1v) is 14.2. The Morgan fingerprint density at radius 2 is 1.74 bits per heavy atom. The Labute approximate surface area is 229 Å². The molecule has 0 radical (unpaired) electrons. The second-order valence-corrected chi connectivity index (χ2v) is 10.8. The molecule has 1 aliphatic rings. The summed E-state index contributed by atoms with van der Waals surface area (Å²) in [4.78, 5) is 34.1. The summed E-state index contributed by atoms with van der Waals surface area (Å²) in [7, 11) is 0. The lowest BCUT2D eigenvalue weighted by Gasteiger charge is -2.29. The van der Waals surface area contributed by atoms with Crippen LogP contribution in [0.5, 0.6) is 0 Å². The SMILES string of the molecule is CCc1ccccc1NC(=O)N(CCN1CCCC1)CC(=O)N(Cc1ccc(F)cc1)Cc1sccc1C. The minimum Gasteiger partial charge on any atom is -0.332 e. The molecule has 0 spiro atoms. The number of carbonyl (C=O) groups excluding carboxylic acids is 2. The van der Waals surface area contributed by atoms with E-state index in [-0.39, 0.29) is 24.3 Å². The molecule has 4 rings (SSSR count). The van der Waals surface area contributed by atoms with Crippen molar-refractivity contribution < 1.29 is 14.0 Å². The van der Waals surface area contributed by atoms with Crippen molar-refractivity contribution in [2.75, 3.05) is 38.0 Å². The average Bonchev–Trinajstić information content (AvgIpc) is 3.59. The van der Waals surface area contributed by atoms with Gasteiger partial charge in [-0.15, -0.1) is 11.3 Å². The van der Waals surface area contributed by atoms with Crippen LogP contribution in [0.4, 0.5) is 14.9 Å². The van der Waals surface area contributed by atoms with Gasteiger partial charge in [-0.05, 0) is 85.6 Å². The molecule has 1 saturated heterocycles. The molecule has 3 aromatic rings. The van der Waals surface area contributed by atoms with Crippen LogP contribution >= 0.6 is 11.3 Å². The van der Waals surface area contributed by atoms with Gasteiger partial charge in [-0.2, -0.15) is 0 Å². The van der Waals surface area contributed by atoms with Crippen molar-refractivity contribution in [2.24, 2.45) is 0 Å². The number of nitrogens with one attached hydrogen (secondary N) is 1. The van der Waals surface area contributed by atoms with Gasteiger partial charge in [-0.3, -0.25) is 4.79 Å². The third kappa shape index (κ3) is 7.65. The Morgan fingerprint density at radius 1 is 1.00 bits per heavy atom. The van der Waals surface area contributed by atoms with E-state index in [0.717, 1.165) is 53.3 Å². The highest BCUT2D eigenvalue weighted by Crippen LogP contribution is 2.21. The number of amides is 3. The maximum absolute atomic E-state index is 13.8. The molecule has 6 nitrogen and oxygen atoms in total. The Hall–Kier alpha value is -3.23. The summed E-state index contributed by atoms with van der Waals surface area (Å²) in [5.41, 5.74) is 3.80. The number of para-hydroxylation sites is 1. The fourth-order valence-corrected chi connectivity index (χ4v) is 5.63. The monoisotopic (exact) mass is 536 g/mol. The van der Waals surface area contributed by atoms with Gasteiger partial charge in [0.1, 0.15) is 12.4 Å². The van der Waals surface area contributed by atoms with Crippen LogP contribution in [0.25, 0.3) is 0 Å². The van der Waals surface area contributed by atoms with Crippen molar-refractivity contribution >= 4 is 29.0 Å². The second kappa shape index (κ2) is 13.5. The van der Waals surface area contributed by atoms with E-state index >= 15 is 0 Å². The van der Waals surface area contributed by atoms with E-state index in [1.807, 2.05) is 42.6 Å². The second-order valence-electron chi connectivity index (χ2n) is 9.81. The van der Waals surface area contributed by atoms with Crippen molar-refractivity contribution in [3.8, 4) is 0 Å². The summed E-state index contributed by atoms with van der Waals surface area (Å²) in [6.45, 7) is 8.10. The molecule has 1 aromatic heterocycles. The Morgan fingerprint density at radius 3 is 2.42 bits per heavy atom. The maximum Gasteiger partial charge on any atom is 0.322 e. The molecule has 1 fully saturated rings. The van der Waals surface area contributed by atoms with Gasteiger partial charge in [0.05, 0.1) is 6.54 Å². The number of thiophene rings is 1. The minimum atomic E-state index is -0.308. The number of urea groups is 1. The minimum absolute atomic E-state index is 0.0282. The number of halogens is 1. The lowest BCUT2D eigenvalue weighted by molar-refractivity contribution is -0.133. The van der Waals surface area contributed by atoms with Crippen LogP contribution in [0, 0.1) is 12.7 Å². The Balaban J connectivity index is 1.52. The van der Waals surface area contributed by atoms with Gasteiger partial charge in [-0.25, -0.2) is 9.18 Å². The summed E-state index contributed by atoms with van der Waals surface area (Å²) < 4.78 is 13.5. The van der Waals surface area contributed by atoms with Gasteiger partial charge >= 0.3 is 6.03 Å². The van der Waals surface area contributed by atoms with Crippen LogP contribution in [0.15, 0.2) is 60.0 Å². The quantitative estimate of drug-likeness (QED) is 0.331. The largest absolute Gasteiger partial charge is 0.332 e. The van der Waals surface area contributed by atoms with E-state index in [1.54, 1.807) is 33.3 Å². The fraction of sp³-hybridized carbons (Fsp3) is 0.400. The van der Waals surface area contributed by atoms with Gasteiger partial charge in [0.25, 0.3) is 0 Å². The van der Waals surface area contributed by atoms with Crippen LogP contribution in [-0.4, -0.2) is 59.4 Å².